The van der Waals surface area contributed by atoms with E-state index >= 15 is 0 Å². The Morgan fingerprint density at radius 1 is 0.474 bits per heavy atom. The van der Waals surface area contributed by atoms with Crippen molar-refractivity contribution in [3.05, 3.63) is 0 Å². The Kier molecular flexibility index (Phi) is 28.1. The molecular formula is C34H66O4. The molecule has 0 radical (unpaired) electrons. The molecular weight excluding hydrogens is 472 g/mol. The second kappa shape index (κ2) is 28.9. The summed E-state index contributed by atoms with van der Waals surface area (Å²) in [6.45, 7) is 10.1. The maximum atomic E-state index is 11.9. The van der Waals surface area contributed by atoms with Gasteiger partial charge >= 0.3 is 11.9 Å². The first-order valence-corrected chi connectivity index (χ1v) is 16.8. The molecule has 0 aromatic heterocycles. The van der Waals surface area contributed by atoms with Gasteiger partial charge in [0.1, 0.15) is 0 Å². The highest BCUT2D eigenvalue weighted by atomic mass is 16.5. The van der Waals surface area contributed by atoms with Crippen molar-refractivity contribution in [2.24, 2.45) is 11.8 Å². The summed E-state index contributed by atoms with van der Waals surface area (Å²) in [6.07, 6.45) is 28.2. The van der Waals surface area contributed by atoms with E-state index in [0.717, 1.165) is 44.4 Å². The van der Waals surface area contributed by atoms with Crippen LogP contribution in [0, 0.1) is 11.8 Å². The Morgan fingerprint density at radius 3 is 1.37 bits per heavy atom. The lowest BCUT2D eigenvalue weighted by atomic mass is 9.98. The van der Waals surface area contributed by atoms with E-state index in [1.165, 1.54) is 103 Å². The minimum absolute atomic E-state index is 0.0932. The quantitative estimate of drug-likeness (QED) is 0.0702. The number of ether oxygens (including phenoxy) is 2. The highest BCUT2D eigenvalue weighted by Crippen LogP contribution is 2.16. The molecule has 0 spiro atoms. The van der Waals surface area contributed by atoms with Gasteiger partial charge in [-0.1, -0.05) is 143 Å². The lowest BCUT2D eigenvalue weighted by Gasteiger charge is -2.12. The van der Waals surface area contributed by atoms with E-state index < -0.39 is 0 Å². The summed E-state index contributed by atoms with van der Waals surface area (Å²) >= 11 is 0. The van der Waals surface area contributed by atoms with Crippen molar-refractivity contribution in [3.8, 4) is 0 Å². The molecule has 0 rings (SSSR count). The number of hydrogen-bond acceptors (Lipinski definition) is 4. The van der Waals surface area contributed by atoms with Crippen LogP contribution in [0.1, 0.15) is 182 Å². The van der Waals surface area contributed by atoms with Gasteiger partial charge in [0.2, 0.25) is 0 Å². The third-order valence-electron chi connectivity index (χ3n) is 7.62. The van der Waals surface area contributed by atoms with Gasteiger partial charge in [0.15, 0.2) is 0 Å². The molecule has 4 heteroatoms. The van der Waals surface area contributed by atoms with Crippen molar-refractivity contribution >= 4 is 11.9 Å². The summed E-state index contributed by atoms with van der Waals surface area (Å²) in [5, 5.41) is 0. The molecule has 1 atom stereocenters. The van der Waals surface area contributed by atoms with Crippen molar-refractivity contribution in [2.45, 2.75) is 182 Å². The van der Waals surface area contributed by atoms with Crippen molar-refractivity contribution in [3.63, 3.8) is 0 Å². The van der Waals surface area contributed by atoms with Gasteiger partial charge in [0.05, 0.1) is 13.2 Å². The first-order valence-electron chi connectivity index (χ1n) is 16.8. The highest BCUT2D eigenvalue weighted by Gasteiger charge is 2.08. The van der Waals surface area contributed by atoms with Gasteiger partial charge in [-0.2, -0.15) is 0 Å². The molecule has 0 aliphatic heterocycles. The van der Waals surface area contributed by atoms with Crippen LogP contribution < -0.4 is 0 Å². The van der Waals surface area contributed by atoms with Crippen molar-refractivity contribution in [1.82, 2.24) is 0 Å². The summed E-state index contributed by atoms with van der Waals surface area (Å²) < 4.78 is 10.7. The van der Waals surface area contributed by atoms with Gasteiger partial charge in [0.25, 0.3) is 0 Å². The minimum Gasteiger partial charge on any atom is -0.466 e. The third-order valence-corrected chi connectivity index (χ3v) is 7.62. The Hall–Kier alpha value is -1.06. The maximum absolute atomic E-state index is 11.9. The van der Waals surface area contributed by atoms with Gasteiger partial charge in [-0.3, -0.25) is 9.59 Å². The molecule has 0 saturated heterocycles. The standard InChI is InChI=1S/C34H66O4/c1-5-6-7-8-9-10-11-12-13-14-15-16-17-18-22-29-37-33(35)26-20-19-21-27-34(36)38-30-28-32(4)25-23-24-31(2)3/h31-32H,5-30H2,1-4H3. The van der Waals surface area contributed by atoms with E-state index in [1.54, 1.807) is 0 Å². The Morgan fingerprint density at radius 2 is 0.895 bits per heavy atom. The molecule has 1 unspecified atom stereocenters. The van der Waals surface area contributed by atoms with Gasteiger partial charge in [-0.15, -0.1) is 0 Å². The number of unbranched alkanes of at least 4 members (excludes halogenated alkanes) is 16. The van der Waals surface area contributed by atoms with Crippen LogP contribution in [0.3, 0.4) is 0 Å². The Bertz CT molecular complexity index is 517. The molecule has 38 heavy (non-hydrogen) atoms. The van der Waals surface area contributed by atoms with E-state index in [9.17, 15) is 9.59 Å². The normalized spacial score (nSPS) is 12.1. The lowest BCUT2D eigenvalue weighted by molar-refractivity contribution is -0.144. The SMILES string of the molecule is CCCCCCCCCCCCCCCCCOC(=O)CCCCCC(=O)OCCC(C)CCCC(C)C. The van der Waals surface area contributed by atoms with Crippen molar-refractivity contribution < 1.29 is 19.1 Å². The topological polar surface area (TPSA) is 52.6 Å². The van der Waals surface area contributed by atoms with Crippen LogP contribution in [0.25, 0.3) is 0 Å². The van der Waals surface area contributed by atoms with Crippen LogP contribution in [0.15, 0.2) is 0 Å². The van der Waals surface area contributed by atoms with E-state index in [2.05, 4.69) is 27.7 Å². The number of carbonyl (C=O) groups is 2. The van der Waals surface area contributed by atoms with E-state index in [-0.39, 0.29) is 11.9 Å². The summed E-state index contributed by atoms with van der Waals surface area (Å²) in [6, 6.07) is 0. The Labute approximate surface area is 237 Å². The summed E-state index contributed by atoms with van der Waals surface area (Å²) in [5.41, 5.74) is 0. The van der Waals surface area contributed by atoms with Gasteiger partial charge in [0, 0.05) is 12.8 Å². The van der Waals surface area contributed by atoms with Gasteiger partial charge in [-0.25, -0.2) is 0 Å². The van der Waals surface area contributed by atoms with Gasteiger partial charge < -0.3 is 9.47 Å². The number of rotatable bonds is 29. The monoisotopic (exact) mass is 538 g/mol. The summed E-state index contributed by atoms with van der Waals surface area (Å²) in [5.74, 6) is 1.18. The second-order valence-corrected chi connectivity index (χ2v) is 12.2. The van der Waals surface area contributed by atoms with E-state index in [1.807, 2.05) is 0 Å². The van der Waals surface area contributed by atoms with Crippen LogP contribution in [0.2, 0.25) is 0 Å². The number of hydrogen-bond donors (Lipinski definition) is 0. The molecule has 0 bridgehead atoms. The molecule has 0 heterocycles. The molecule has 0 fully saturated rings. The predicted octanol–water partition coefficient (Wildman–Crippen LogP) is 10.7. The molecule has 0 saturated carbocycles. The molecule has 226 valence electrons. The fraction of sp³-hybridized carbons (Fsp3) is 0.941. The zero-order chi connectivity index (χ0) is 28.1. The average molecular weight is 539 g/mol. The molecule has 0 aliphatic carbocycles. The molecule has 0 aromatic carbocycles. The molecule has 0 N–H and O–H groups in total. The first-order chi connectivity index (χ1) is 18.5. The maximum Gasteiger partial charge on any atom is 0.305 e. The highest BCUT2D eigenvalue weighted by molar-refractivity contribution is 5.69. The smallest absolute Gasteiger partial charge is 0.305 e. The number of esters is 2. The predicted molar refractivity (Wildman–Crippen MR) is 162 cm³/mol. The Balaban J connectivity index is 3.33. The summed E-state index contributed by atoms with van der Waals surface area (Å²) in [4.78, 5) is 23.8. The second-order valence-electron chi connectivity index (χ2n) is 12.2. The van der Waals surface area contributed by atoms with Crippen molar-refractivity contribution in [2.75, 3.05) is 13.2 Å². The van der Waals surface area contributed by atoms with E-state index in [0.29, 0.717) is 32.0 Å². The van der Waals surface area contributed by atoms with Crippen molar-refractivity contribution in [1.29, 1.82) is 0 Å². The fourth-order valence-corrected chi connectivity index (χ4v) is 4.91. The van der Waals surface area contributed by atoms with Crippen LogP contribution in [-0.4, -0.2) is 25.2 Å². The van der Waals surface area contributed by atoms with E-state index in [4.69, 9.17) is 9.47 Å². The van der Waals surface area contributed by atoms with Crippen LogP contribution in [0.5, 0.6) is 0 Å². The molecule has 0 amide bonds. The minimum atomic E-state index is -0.102. The van der Waals surface area contributed by atoms with Gasteiger partial charge in [-0.05, 0) is 37.5 Å². The lowest BCUT2D eigenvalue weighted by Crippen LogP contribution is -2.09. The third kappa shape index (κ3) is 29.5. The fourth-order valence-electron chi connectivity index (χ4n) is 4.91. The first kappa shape index (κ1) is 36.9. The van der Waals surface area contributed by atoms with Crippen LogP contribution in [0.4, 0.5) is 0 Å². The summed E-state index contributed by atoms with van der Waals surface area (Å²) in [7, 11) is 0. The van der Waals surface area contributed by atoms with Crippen LogP contribution in [-0.2, 0) is 19.1 Å². The largest absolute Gasteiger partial charge is 0.466 e. The molecule has 4 nitrogen and oxygen atoms in total. The number of carbonyl (C=O) groups excluding carboxylic acids is 2. The molecule has 0 aliphatic rings. The zero-order valence-corrected chi connectivity index (χ0v) is 26.2. The zero-order valence-electron chi connectivity index (χ0n) is 26.2. The van der Waals surface area contributed by atoms with Crippen LogP contribution >= 0.6 is 0 Å². The molecule has 0 aromatic rings. The average Bonchev–Trinajstić information content (AvgIpc) is 2.88.